The molecule has 0 aliphatic rings. The molecule has 0 aliphatic heterocycles. The normalized spacial score (nSPS) is 10.1. The van der Waals surface area contributed by atoms with Crippen LogP contribution in [0.4, 0.5) is 5.69 Å². The fourth-order valence-corrected chi connectivity index (χ4v) is 2.87. The van der Waals surface area contributed by atoms with Crippen LogP contribution in [0.2, 0.25) is 0 Å². The summed E-state index contributed by atoms with van der Waals surface area (Å²) in [4.78, 5) is 24.6. The standard InChI is InChI=1S/C14H13NO3S2/c1-18-13(16)9-20-11-5-2-4-10(8-11)15-14(17)12-6-3-7-19-12/h2-8H,9H2,1H3,(H,15,17). The first-order chi connectivity index (χ1) is 9.69. The summed E-state index contributed by atoms with van der Waals surface area (Å²) in [5.74, 6) is -0.156. The lowest BCUT2D eigenvalue weighted by atomic mass is 10.3. The van der Waals surface area contributed by atoms with E-state index in [0.29, 0.717) is 10.6 Å². The summed E-state index contributed by atoms with van der Waals surface area (Å²) in [6, 6.07) is 11.0. The Labute approximate surface area is 125 Å². The maximum Gasteiger partial charge on any atom is 0.315 e. The van der Waals surface area contributed by atoms with E-state index in [2.05, 4.69) is 10.1 Å². The lowest BCUT2D eigenvalue weighted by Gasteiger charge is -2.06. The first-order valence-electron chi connectivity index (χ1n) is 5.83. The van der Waals surface area contributed by atoms with Crippen molar-refractivity contribution in [3.63, 3.8) is 0 Å². The fourth-order valence-electron chi connectivity index (χ4n) is 1.47. The van der Waals surface area contributed by atoms with Crippen LogP contribution < -0.4 is 5.32 Å². The Hall–Kier alpha value is -1.79. The van der Waals surface area contributed by atoms with Crippen molar-refractivity contribution in [3.05, 3.63) is 46.7 Å². The van der Waals surface area contributed by atoms with Crippen LogP contribution in [0.15, 0.2) is 46.7 Å². The molecule has 0 atom stereocenters. The molecule has 1 N–H and O–H groups in total. The molecule has 0 spiro atoms. The maximum absolute atomic E-state index is 11.9. The molecule has 1 aromatic carbocycles. The van der Waals surface area contributed by atoms with E-state index in [1.165, 1.54) is 30.2 Å². The van der Waals surface area contributed by atoms with E-state index in [4.69, 9.17) is 0 Å². The van der Waals surface area contributed by atoms with Gasteiger partial charge in [-0.1, -0.05) is 12.1 Å². The van der Waals surface area contributed by atoms with Crippen molar-refractivity contribution in [3.8, 4) is 0 Å². The van der Waals surface area contributed by atoms with Gasteiger partial charge in [0.2, 0.25) is 0 Å². The van der Waals surface area contributed by atoms with Crippen molar-refractivity contribution in [2.75, 3.05) is 18.2 Å². The van der Waals surface area contributed by atoms with Crippen molar-refractivity contribution in [2.24, 2.45) is 0 Å². The van der Waals surface area contributed by atoms with E-state index in [9.17, 15) is 9.59 Å². The zero-order chi connectivity index (χ0) is 14.4. The number of methoxy groups -OCH3 is 1. The molecule has 0 fully saturated rings. The van der Waals surface area contributed by atoms with E-state index in [1.54, 1.807) is 6.07 Å². The van der Waals surface area contributed by atoms with Gasteiger partial charge in [-0.25, -0.2) is 0 Å². The van der Waals surface area contributed by atoms with E-state index in [-0.39, 0.29) is 17.6 Å². The Morgan fingerprint density at radius 3 is 2.85 bits per heavy atom. The van der Waals surface area contributed by atoms with Crippen LogP contribution in [0.3, 0.4) is 0 Å². The summed E-state index contributed by atoms with van der Waals surface area (Å²) < 4.78 is 4.59. The fraction of sp³-hybridized carbons (Fsp3) is 0.143. The van der Waals surface area contributed by atoms with E-state index < -0.39 is 0 Å². The SMILES string of the molecule is COC(=O)CSc1cccc(NC(=O)c2cccs2)c1. The van der Waals surface area contributed by atoms with Crippen LogP contribution in [-0.4, -0.2) is 24.7 Å². The van der Waals surface area contributed by atoms with Crippen LogP contribution in [0.1, 0.15) is 9.67 Å². The first kappa shape index (κ1) is 14.6. The van der Waals surface area contributed by atoms with Gasteiger partial charge >= 0.3 is 5.97 Å². The molecule has 2 aromatic rings. The third-order valence-electron chi connectivity index (χ3n) is 2.42. The van der Waals surface area contributed by atoms with Crippen LogP contribution in [0.25, 0.3) is 0 Å². The van der Waals surface area contributed by atoms with Gasteiger partial charge in [0, 0.05) is 10.6 Å². The van der Waals surface area contributed by atoms with Gasteiger partial charge in [0.15, 0.2) is 0 Å². The highest BCUT2D eigenvalue weighted by molar-refractivity contribution is 8.00. The van der Waals surface area contributed by atoms with Gasteiger partial charge in [-0.2, -0.15) is 0 Å². The smallest absolute Gasteiger partial charge is 0.315 e. The van der Waals surface area contributed by atoms with Gasteiger partial charge < -0.3 is 10.1 Å². The highest BCUT2D eigenvalue weighted by atomic mass is 32.2. The summed E-state index contributed by atoms with van der Waals surface area (Å²) in [6.07, 6.45) is 0. The zero-order valence-electron chi connectivity index (χ0n) is 10.8. The number of benzene rings is 1. The molecule has 2 rings (SSSR count). The average Bonchev–Trinajstić information content (AvgIpc) is 2.99. The van der Waals surface area contributed by atoms with Crippen molar-refractivity contribution in [2.45, 2.75) is 4.90 Å². The molecule has 1 heterocycles. The van der Waals surface area contributed by atoms with E-state index in [0.717, 1.165) is 4.90 Å². The number of ether oxygens (including phenoxy) is 1. The Morgan fingerprint density at radius 1 is 1.30 bits per heavy atom. The molecule has 0 unspecified atom stereocenters. The molecule has 4 nitrogen and oxygen atoms in total. The Kier molecular flexibility index (Phi) is 5.20. The topological polar surface area (TPSA) is 55.4 Å². The molecular weight excluding hydrogens is 294 g/mol. The van der Waals surface area contributed by atoms with Crippen LogP contribution >= 0.6 is 23.1 Å². The van der Waals surface area contributed by atoms with Crippen molar-refractivity contribution in [1.82, 2.24) is 0 Å². The Balaban J connectivity index is 1.99. The van der Waals surface area contributed by atoms with Crippen molar-refractivity contribution >= 4 is 40.7 Å². The first-order valence-corrected chi connectivity index (χ1v) is 7.70. The number of carbonyl (C=O) groups is 2. The number of thioether (sulfide) groups is 1. The van der Waals surface area contributed by atoms with Gasteiger partial charge in [0.05, 0.1) is 17.7 Å². The number of rotatable bonds is 5. The molecule has 0 bridgehead atoms. The summed E-state index contributed by atoms with van der Waals surface area (Å²) in [5, 5.41) is 4.69. The minimum atomic E-state index is -0.275. The number of esters is 1. The van der Waals surface area contributed by atoms with Gasteiger partial charge in [-0.05, 0) is 29.6 Å². The highest BCUT2D eigenvalue weighted by Crippen LogP contribution is 2.22. The van der Waals surface area contributed by atoms with Crippen LogP contribution in [0.5, 0.6) is 0 Å². The van der Waals surface area contributed by atoms with Crippen LogP contribution in [0, 0.1) is 0 Å². The number of carbonyl (C=O) groups excluding carboxylic acids is 2. The maximum atomic E-state index is 11.9. The van der Waals surface area contributed by atoms with Gasteiger partial charge in [0.1, 0.15) is 0 Å². The van der Waals surface area contributed by atoms with Gasteiger partial charge in [-0.15, -0.1) is 23.1 Å². The lowest BCUT2D eigenvalue weighted by molar-refractivity contribution is -0.137. The predicted molar refractivity (Wildman–Crippen MR) is 81.5 cm³/mol. The number of anilines is 1. The number of hydrogen-bond acceptors (Lipinski definition) is 5. The third-order valence-corrected chi connectivity index (χ3v) is 4.26. The van der Waals surface area contributed by atoms with Crippen LogP contribution in [-0.2, 0) is 9.53 Å². The van der Waals surface area contributed by atoms with Crippen molar-refractivity contribution < 1.29 is 14.3 Å². The summed E-state index contributed by atoms with van der Waals surface area (Å²) in [6.45, 7) is 0. The molecule has 1 amide bonds. The molecule has 104 valence electrons. The second-order valence-corrected chi connectivity index (χ2v) is 5.82. The van der Waals surface area contributed by atoms with Gasteiger partial charge in [0.25, 0.3) is 5.91 Å². The number of nitrogens with one attached hydrogen (secondary N) is 1. The molecule has 1 aromatic heterocycles. The number of thiophene rings is 1. The molecule has 20 heavy (non-hydrogen) atoms. The largest absolute Gasteiger partial charge is 0.468 e. The molecule has 0 saturated carbocycles. The van der Waals surface area contributed by atoms with Crippen molar-refractivity contribution in [1.29, 1.82) is 0 Å². The monoisotopic (exact) mass is 307 g/mol. The van der Waals surface area contributed by atoms with E-state index >= 15 is 0 Å². The molecule has 0 aliphatic carbocycles. The van der Waals surface area contributed by atoms with E-state index in [1.807, 2.05) is 35.7 Å². The second kappa shape index (κ2) is 7.12. The number of hydrogen-bond donors (Lipinski definition) is 1. The minimum Gasteiger partial charge on any atom is -0.468 e. The quantitative estimate of drug-likeness (QED) is 0.680. The molecular formula is C14H13NO3S2. The predicted octanol–water partition coefficient (Wildman–Crippen LogP) is 3.27. The van der Waals surface area contributed by atoms with Gasteiger partial charge in [-0.3, -0.25) is 9.59 Å². The molecule has 0 saturated heterocycles. The molecule has 0 radical (unpaired) electrons. The zero-order valence-corrected chi connectivity index (χ0v) is 12.4. The molecule has 6 heteroatoms. The minimum absolute atomic E-state index is 0.130. The highest BCUT2D eigenvalue weighted by Gasteiger charge is 2.08. The summed E-state index contributed by atoms with van der Waals surface area (Å²) in [7, 11) is 1.36. The summed E-state index contributed by atoms with van der Waals surface area (Å²) in [5.41, 5.74) is 0.707. The Morgan fingerprint density at radius 2 is 2.15 bits per heavy atom. The average molecular weight is 307 g/mol. The third kappa shape index (κ3) is 4.11. The number of amides is 1. The Bertz CT molecular complexity index is 596. The lowest BCUT2D eigenvalue weighted by Crippen LogP contribution is -2.10. The second-order valence-electron chi connectivity index (χ2n) is 3.82. The summed E-state index contributed by atoms with van der Waals surface area (Å²) >= 11 is 2.76.